The van der Waals surface area contributed by atoms with Gasteiger partial charge in [-0.2, -0.15) is 0 Å². The molecule has 1 aromatic rings. The van der Waals surface area contributed by atoms with E-state index in [0.717, 1.165) is 12.2 Å². The van der Waals surface area contributed by atoms with Crippen LogP contribution in [-0.2, 0) is 4.79 Å². The molecule has 106 valence electrons. The number of carbonyl (C=O) groups excluding carboxylic acids is 1. The van der Waals surface area contributed by atoms with Gasteiger partial charge in [-0.1, -0.05) is 22.0 Å². The van der Waals surface area contributed by atoms with Gasteiger partial charge in [-0.15, -0.1) is 0 Å². The van der Waals surface area contributed by atoms with Gasteiger partial charge in [0.1, 0.15) is 5.75 Å². The average molecular weight is 328 g/mol. The number of benzene rings is 1. The smallest absolute Gasteiger partial charge is 0.235 e. The Bertz CT molecular complexity index is 412. The first-order valence-corrected chi connectivity index (χ1v) is 7.42. The molecule has 1 aromatic carbocycles. The van der Waals surface area contributed by atoms with Gasteiger partial charge in [-0.3, -0.25) is 4.79 Å². The average Bonchev–Trinajstić information content (AvgIpc) is 2.32. The highest BCUT2D eigenvalue weighted by Crippen LogP contribution is 2.16. The van der Waals surface area contributed by atoms with Crippen molar-refractivity contribution >= 4 is 21.8 Å². The molecule has 0 saturated carbocycles. The summed E-state index contributed by atoms with van der Waals surface area (Å²) in [5, 5.41) is 0. The van der Waals surface area contributed by atoms with Crippen LogP contribution in [0.2, 0.25) is 0 Å². The molecule has 4 heteroatoms. The molecule has 1 unspecified atom stereocenters. The molecule has 0 fully saturated rings. The minimum Gasteiger partial charge on any atom is -0.494 e. The van der Waals surface area contributed by atoms with Gasteiger partial charge in [0.2, 0.25) is 5.91 Å². The summed E-state index contributed by atoms with van der Waals surface area (Å²) in [6.07, 6.45) is 0.828. The molecule has 19 heavy (non-hydrogen) atoms. The molecular formula is C15H22BrNO2. The van der Waals surface area contributed by atoms with Crippen LogP contribution in [0.4, 0.5) is 0 Å². The molecular weight excluding hydrogens is 306 g/mol. The minimum atomic E-state index is -0.127. The Labute approximate surface area is 124 Å². The first kappa shape index (κ1) is 16.0. The van der Waals surface area contributed by atoms with Crippen LogP contribution in [0.25, 0.3) is 0 Å². The maximum atomic E-state index is 11.6. The van der Waals surface area contributed by atoms with Crippen molar-refractivity contribution in [3.8, 4) is 5.75 Å². The third-order valence-corrected chi connectivity index (χ3v) is 3.21. The Morgan fingerprint density at radius 3 is 2.42 bits per heavy atom. The number of nitrogens with zero attached hydrogens (tertiary/aromatic N) is 1. The van der Waals surface area contributed by atoms with Crippen molar-refractivity contribution in [3.63, 3.8) is 0 Å². The lowest BCUT2D eigenvalue weighted by Crippen LogP contribution is -2.33. The number of carbonyl (C=O) groups is 1. The van der Waals surface area contributed by atoms with Crippen molar-refractivity contribution in [2.75, 3.05) is 20.2 Å². The summed E-state index contributed by atoms with van der Waals surface area (Å²) in [6, 6.07) is 6.18. The third kappa shape index (κ3) is 5.64. The van der Waals surface area contributed by atoms with Gasteiger partial charge in [0.15, 0.2) is 0 Å². The number of alkyl halides is 1. The zero-order valence-electron chi connectivity index (χ0n) is 12.1. The Hall–Kier alpha value is -1.03. The number of halogens is 1. The number of ether oxygens (including phenoxy) is 1. The summed E-state index contributed by atoms with van der Waals surface area (Å²) < 4.78 is 5.71. The van der Waals surface area contributed by atoms with Crippen molar-refractivity contribution in [3.05, 3.63) is 29.3 Å². The van der Waals surface area contributed by atoms with Gasteiger partial charge < -0.3 is 9.64 Å². The van der Waals surface area contributed by atoms with Crippen LogP contribution < -0.4 is 4.74 Å². The highest BCUT2D eigenvalue weighted by Gasteiger charge is 2.13. The van der Waals surface area contributed by atoms with E-state index < -0.39 is 0 Å². The Morgan fingerprint density at radius 1 is 1.32 bits per heavy atom. The second-order valence-electron chi connectivity index (χ2n) is 4.90. The Kier molecular flexibility index (Phi) is 6.35. The van der Waals surface area contributed by atoms with E-state index in [2.05, 4.69) is 35.8 Å². The molecule has 0 heterocycles. The van der Waals surface area contributed by atoms with E-state index >= 15 is 0 Å². The molecule has 0 aliphatic heterocycles. The van der Waals surface area contributed by atoms with Crippen molar-refractivity contribution in [1.82, 2.24) is 4.90 Å². The second-order valence-corrected chi connectivity index (χ2v) is 6.27. The van der Waals surface area contributed by atoms with Crippen LogP contribution in [0.15, 0.2) is 18.2 Å². The van der Waals surface area contributed by atoms with Gasteiger partial charge in [0, 0.05) is 13.6 Å². The molecule has 1 rings (SSSR count). The molecule has 0 N–H and O–H groups in total. The van der Waals surface area contributed by atoms with Crippen LogP contribution in [0, 0.1) is 13.8 Å². The van der Waals surface area contributed by atoms with Crippen LogP contribution in [0.3, 0.4) is 0 Å². The monoisotopic (exact) mass is 327 g/mol. The first-order chi connectivity index (χ1) is 8.90. The number of rotatable bonds is 6. The summed E-state index contributed by atoms with van der Waals surface area (Å²) in [4.78, 5) is 13.2. The predicted molar refractivity (Wildman–Crippen MR) is 82.1 cm³/mol. The zero-order chi connectivity index (χ0) is 14.4. The van der Waals surface area contributed by atoms with E-state index in [-0.39, 0.29) is 10.7 Å². The number of hydrogen-bond donors (Lipinski definition) is 0. The molecule has 0 saturated heterocycles. The summed E-state index contributed by atoms with van der Waals surface area (Å²) in [5.41, 5.74) is 2.41. The van der Waals surface area contributed by atoms with Crippen molar-refractivity contribution in [1.29, 1.82) is 0 Å². The minimum absolute atomic E-state index is 0.103. The fourth-order valence-electron chi connectivity index (χ4n) is 1.92. The van der Waals surface area contributed by atoms with E-state index in [0.29, 0.717) is 13.2 Å². The van der Waals surface area contributed by atoms with Crippen LogP contribution in [0.5, 0.6) is 5.75 Å². The third-order valence-electron chi connectivity index (χ3n) is 2.82. The highest BCUT2D eigenvalue weighted by atomic mass is 79.9. The topological polar surface area (TPSA) is 29.5 Å². The highest BCUT2D eigenvalue weighted by molar-refractivity contribution is 9.10. The number of hydrogen-bond acceptors (Lipinski definition) is 2. The van der Waals surface area contributed by atoms with E-state index in [1.54, 1.807) is 4.90 Å². The van der Waals surface area contributed by atoms with Crippen LogP contribution in [0.1, 0.15) is 24.5 Å². The molecule has 0 bridgehead atoms. The molecule has 3 nitrogen and oxygen atoms in total. The predicted octanol–water partition coefficient (Wildman–Crippen LogP) is 3.31. The number of aryl methyl sites for hydroxylation is 2. The zero-order valence-corrected chi connectivity index (χ0v) is 13.7. The maximum Gasteiger partial charge on any atom is 0.235 e. The van der Waals surface area contributed by atoms with Gasteiger partial charge >= 0.3 is 0 Å². The lowest BCUT2D eigenvalue weighted by atomic mass is 10.1. The molecule has 1 atom stereocenters. The van der Waals surface area contributed by atoms with Gasteiger partial charge in [0.25, 0.3) is 0 Å². The summed E-state index contributed by atoms with van der Waals surface area (Å²) in [5.74, 6) is 1.01. The van der Waals surface area contributed by atoms with E-state index in [9.17, 15) is 4.79 Å². The largest absolute Gasteiger partial charge is 0.494 e. The van der Waals surface area contributed by atoms with E-state index in [1.165, 1.54) is 11.1 Å². The van der Waals surface area contributed by atoms with Gasteiger partial charge in [-0.05, 0) is 50.5 Å². The van der Waals surface area contributed by atoms with Crippen molar-refractivity contribution < 1.29 is 9.53 Å². The number of amides is 1. The molecule has 1 amide bonds. The first-order valence-electron chi connectivity index (χ1n) is 6.50. The quantitative estimate of drug-likeness (QED) is 0.592. The van der Waals surface area contributed by atoms with Crippen molar-refractivity contribution in [2.24, 2.45) is 0 Å². The SMILES string of the molecule is Cc1cc(C)cc(OCCCN(C)C(=O)C(C)Br)c1. The van der Waals surface area contributed by atoms with E-state index in [1.807, 2.05) is 26.1 Å². The molecule has 0 aromatic heterocycles. The molecule has 0 aliphatic carbocycles. The summed E-state index contributed by atoms with van der Waals surface area (Å²) >= 11 is 3.28. The normalized spacial score (nSPS) is 12.1. The van der Waals surface area contributed by atoms with Crippen molar-refractivity contribution in [2.45, 2.75) is 32.0 Å². The van der Waals surface area contributed by atoms with E-state index in [4.69, 9.17) is 4.74 Å². The standard InChI is InChI=1S/C15H22BrNO2/c1-11-8-12(2)10-14(9-11)19-7-5-6-17(4)15(18)13(3)16/h8-10,13H,5-7H2,1-4H3. The van der Waals surface area contributed by atoms with Gasteiger partial charge in [0.05, 0.1) is 11.4 Å². The summed E-state index contributed by atoms with van der Waals surface area (Å²) in [7, 11) is 1.82. The molecule has 0 aliphatic rings. The maximum absolute atomic E-state index is 11.6. The van der Waals surface area contributed by atoms with Crippen LogP contribution >= 0.6 is 15.9 Å². The summed E-state index contributed by atoms with van der Waals surface area (Å²) in [6.45, 7) is 7.29. The lowest BCUT2D eigenvalue weighted by molar-refractivity contribution is -0.128. The lowest BCUT2D eigenvalue weighted by Gasteiger charge is -2.18. The molecule has 0 spiro atoms. The van der Waals surface area contributed by atoms with Crippen LogP contribution in [-0.4, -0.2) is 35.8 Å². The van der Waals surface area contributed by atoms with Gasteiger partial charge in [-0.25, -0.2) is 0 Å². The fraction of sp³-hybridized carbons (Fsp3) is 0.533. The second kappa shape index (κ2) is 7.53. The fourth-order valence-corrected chi connectivity index (χ4v) is 2.27. The Balaban J connectivity index is 2.33. The Morgan fingerprint density at radius 2 is 1.89 bits per heavy atom. The molecule has 0 radical (unpaired) electrons.